The van der Waals surface area contributed by atoms with Crippen molar-refractivity contribution in [1.82, 2.24) is 5.32 Å². The van der Waals surface area contributed by atoms with E-state index in [1.54, 1.807) is 0 Å². The summed E-state index contributed by atoms with van der Waals surface area (Å²) in [4.78, 5) is 0. The number of hydrogen-bond acceptors (Lipinski definition) is 2. The molecule has 0 heterocycles. The molecular formula is C16H25NO. The zero-order valence-electron chi connectivity index (χ0n) is 11.5. The Hall–Kier alpha value is -0.860. The van der Waals surface area contributed by atoms with E-state index in [0.29, 0.717) is 17.9 Å². The van der Waals surface area contributed by atoms with Crippen molar-refractivity contribution in [2.75, 3.05) is 6.61 Å². The Balaban J connectivity index is 2.05. The summed E-state index contributed by atoms with van der Waals surface area (Å²) in [5.74, 6) is 1.40. The molecule has 2 heteroatoms. The summed E-state index contributed by atoms with van der Waals surface area (Å²) in [6.07, 6.45) is 3.94. The van der Waals surface area contributed by atoms with Crippen molar-refractivity contribution in [1.29, 1.82) is 0 Å². The van der Waals surface area contributed by atoms with Gasteiger partial charge in [-0.1, -0.05) is 50.6 Å². The van der Waals surface area contributed by atoms with Crippen molar-refractivity contribution >= 4 is 0 Å². The molecule has 1 fully saturated rings. The van der Waals surface area contributed by atoms with Crippen LogP contribution >= 0.6 is 0 Å². The van der Waals surface area contributed by atoms with Crippen molar-refractivity contribution in [3.8, 4) is 0 Å². The van der Waals surface area contributed by atoms with Crippen LogP contribution in [0, 0.1) is 11.8 Å². The topological polar surface area (TPSA) is 32.3 Å². The Morgan fingerprint density at radius 1 is 1.17 bits per heavy atom. The number of aliphatic hydroxyl groups excluding tert-OH is 1. The van der Waals surface area contributed by atoms with E-state index in [1.165, 1.54) is 24.8 Å². The van der Waals surface area contributed by atoms with Gasteiger partial charge in [-0.05, 0) is 30.2 Å². The first-order valence-electron chi connectivity index (χ1n) is 7.14. The fourth-order valence-corrected chi connectivity index (χ4v) is 3.18. The van der Waals surface area contributed by atoms with Crippen molar-refractivity contribution in [2.45, 2.75) is 45.2 Å². The lowest BCUT2D eigenvalue weighted by molar-refractivity contribution is 0.161. The number of rotatable bonds is 4. The van der Waals surface area contributed by atoms with Crippen LogP contribution in [0.3, 0.4) is 0 Å². The Labute approximate surface area is 110 Å². The third kappa shape index (κ3) is 3.12. The van der Waals surface area contributed by atoms with Gasteiger partial charge in [-0.25, -0.2) is 0 Å². The van der Waals surface area contributed by atoms with Gasteiger partial charge in [0, 0.05) is 6.04 Å². The van der Waals surface area contributed by atoms with Crippen molar-refractivity contribution in [3.63, 3.8) is 0 Å². The first-order valence-corrected chi connectivity index (χ1v) is 7.14. The number of aliphatic hydroxyl groups is 1. The molecule has 2 N–H and O–H groups in total. The molecule has 0 aromatic heterocycles. The first kappa shape index (κ1) is 13.6. The van der Waals surface area contributed by atoms with Gasteiger partial charge in [0.2, 0.25) is 0 Å². The normalized spacial score (nSPS) is 30.1. The molecule has 1 saturated carbocycles. The minimum atomic E-state index is 0.0687. The maximum absolute atomic E-state index is 9.62. The highest BCUT2D eigenvalue weighted by atomic mass is 16.3. The summed E-state index contributed by atoms with van der Waals surface area (Å²) in [5.41, 5.74) is 1.19. The molecule has 1 aliphatic carbocycles. The Kier molecular flexibility index (Phi) is 4.79. The number of nitrogens with one attached hydrogen (secondary N) is 1. The summed E-state index contributed by atoms with van der Waals surface area (Å²) in [7, 11) is 0. The van der Waals surface area contributed by atoms with Gasteiger partial charge in [-0.15, -0.1) is 0 Å². The third-order valence-electron chi connectivity index (χ3n) is 4.32. The van der Waals surface area contributed by atoms with E-state index in [2.05, 4.69) is 31.3 Å². The van der Waals surface area contributed by atoms with Crippen LogP contribution in [0.25, 0.3) is 0 Å². The highest BCUT2D eigenvalue weighted by molar-refractivity contribution is 5.19. The van der Waals surface area contributed by atoms with E-state index in [-0.39, 0.29) is 12.6 Å². The van der Waals surface area contributed by atoms with Gasteiger partial charge in [-0.3, -0.25) is 0 Å². The minimum Gasteiger partial charge on any atom is -0.394 e. The summed E-state index contributed by atoms with van der Waals surface area (Å²) >= 11 is 0. The van der Waals surface area contributed by atoms with Gasteiger partial charge in [0.1, 0.15) is 0 Å². The molecule has 0 spiro atoms. The molecule has 1 aromatic carbocycles. The predicted octanol–water partition coefficient (Wildman–Crippen LogP) is 3.13. The third-order valence-corrected chi connectivity index (χ3v) is 4.32. The Morgan fingerprint density at radius 2 is 1.78 bits per heavy atom. The smallest absolute Gasteiger partial charge is 0.0626 e. The number of benzene rings is 1. The van der Waals surface area contributed by atoms with Gasteiger partial charge in [0.05, 0.1) is 12.6 Å². The first-order chi connectivity index (χ1) is 8.72. The Morgan fingerprint density at radius 3 is 2.33 bits per heavy atom. The molecule has 3 atom stereocenters. The largest absolute Gasteiger partial charge is 0.394 e. The zero-order chi connectivity index (χ0) is 13.0. The zero-order valence-corrected chi connectivity index (χ0v) is 11.5. The molecule has 1 aliphatic rings. The molecule has 0 saturated heterocycles. The molecule has 1 aromatic rings. The molecule has 18 heavy (non-hydrogen) atoms. The molecule has 0 aliphatic heterocycles. The van der Waals surface area contributed by atoms with E-state index in [0.717, 1.165) is 0 Å². The van der Waals surface area contributed by atoms with Crippen molar-refractivity contribution in [3.05, 3.63) is 35.9 Å². The van der Waals surface area contributed by atoms with Crippen LogP contribution in [0.5, 0.6) is 0 Å². The van der Waals surface area contributed by atoms with Gasteiger partial charge >= 0.3 is 0 Å². The van der Waals surface area contributed by atoms with E-state index in [1.807, 2.05) is 18.2 Å². The average molecular weight is 247 g/mol. The highest BCUT2D eigenvalue weighted by Gasteiger charge is 2.29. The summed E-state index contributed by atoms with van der Waals surface area (Å²) in [5, 5.41) is 13.3. The molecule has 0 bridgehead atoms. The van der Waals surface area contributed by atoms with Crippen LogP contribution in [0.4, 0.5) is 0 Å². The van der Waals surface area contributed by atoms with E-state index in [4.69, 9.17) is 0 Å². The van der Waals surface area contributed by atoms with Crippen LogP contribution in [0.2, 0.25) is 0 Å². The fraction of sp³-hybridized carbons (Fsp3) is 0.625. The maximum Gasteiger partial charge on any atom is 0.0626 e. The molecular weight excluding hydrogens is 222 g/mol. The van der Waals surface area contributed by atoms with E-state index >= 15 is 0 Å². The van der Waals surface area contributed by atoms with Crippen molar-refractivity contribution in [2.24, 2.45) is 11.8 Å². The summed E-state index contributed by atoms with van der Waals surface area (Å²) < 4.78 is 0. The average Bonchev–Trinajstić information content (AvgIpc) is 2.40. The van der Waals surface area contributed by atoms with Gasteiger partial charge in [0.15, 0.2) is 0 Å². The van der Waals surface area contributed by atoms with Crippen LogP contribution in [-0.4, -0.2) is 17.8 Å². The molecule has 0 amide bonds. The lowest BCUT2D eigenvalue weighted by Gasteiger charge is -2.37. The van der Waals surface area contributed by atoms with Crippen LogP contribution in [0.1, 0.15) is 44.7 Å². The van der Waals surface area contributed by atoms with E-state index in [9.17, 15) is 5.11 Å². The monoisotopic (exact) mass is 247 g/mol. The van der Waals surface area contributed by atoms with Gasteiger partial charge in [-0.2, -0.15) is 0 Å². The second-order valence-electron chi connectivity index (χ2n) is 5.72. The predicted molar refractivity (Wildman–Crippen MR) is 75.4 cm³/mol. The quantitative estimate of drug-likeness (QED) is 0.856. The van der Waals surface area contributed by atoms with Crippen LogP contribution in [-0.2, 0) is 0 Å². The molecule has 2 rings (SSSR count). The lowest BCUT2D eigenvalue weighted by atomic mass is 9.78. The molecule has 2 nitrogen and oxygen atoms in total. The Bertz CT molecular complexity index is 341. The molecule has 100 valence electrons. The molecule has 2 unspecified atom stereocenters. The maximum atomic E-state index is 9.62. The second-order valence-corrected chi connectivity index (χ2v) is 5.72. The van der Waals surface area contributed by atoms with Crippen LogP contribution in [0.15, 0.2) is 30.3 Å². The van der Waals surface area contributed by atoms with E-state index < -0.39 is 0 Å². The SMILES string of the molecule is CC1CCCC(C)C1N[C@H](CO)c1ccccc1. The second kappa shape index (κ2) is 6.35. The van der Waals surface area contributed by atoms with Gasteiger partial charge < -0.3 is 10.4 Å². The highest BCUT2D eigenvalue weighted by Crippen LogP contribution is 2.30. The standard InChI is InChI=1S/C16H25NO/c1-12-7-6-8-13(2)16(12)17-15(11-18)14-9-4-3-5-10-14/h3-5,9-10,12-13,15-18H,6-8,11H2,1-2H3/t12?,13?,15-,16?/m1/s1. The van der Waals surface area contributed by atoms with Gasteiger partial charge in [0.25, 0.3) is 0 Å². The fourth-order valence-electron chi connectivity index (χ4n) is 3.18. The minimum absolute atomic E-state index is 0.0687. The van der Waals surface area contributed by atoms with Crippen LogP contribution < -0.4 is 5.32 Å². The summed E-state index contributed by atoms with van der Waals surface area (Å²) in [6.45, 7) is 4.82. The summed E-state index contributed by atoms with van der Waals surface area (Å²) in [6, 6.07) is 10.9. The number of hydrogen-bond donors (Lipinski definition) is 2. The lowest BCUT2D eigenvalue weighted by Crippen LogP contribution is -2.45. The van der Waals surface area contributed by atoms with Crippen molar-refractivity contribution < 1.29 is 5.11 Å². The molecule has 0 radical (unpaired) electrons.